The molecule has 5 heteroatoms. The fourth-order valence-electron chi connectivity index (χ4n) is 2.00. The van der Waals surface area contributed by atoms with E-state index in [-0.39, 0.29) is 18.4 Å². The van der Waals surface area contributed by atoms with Gasteiger partial charge in [0, 0.05) is 6.04 Å². The smallest absolute Gasteiger partial charge is 0.342 e. The molecule has 0 unspecified atom stereocenters. The van der Waals surface area contributed by atoms with Crippen molar-refractivity contribution in [2.45, 2.75) is 12.5 Å². The lowest BCUT2D eigenvalue weighted by Gasteiger charge is -2.15. The molecule has 2 aromatic carbocycles. The maximum Gasteiger partial charge on any atom is 0.342 e. The van der Waals surface area contributed by atoms with Crippen LogP contribution in [0.25, 0.3) is 0 Å². The van der Waals surface area contributed by atoms with Gasteiger partial charge in [-0.15, -0.1) is 0 Å². The van der Waals surface area contributed by atoms with Gasteiger partial charge in [-0.05, 0) is 24.1 Å². The number of hydrogen-bond donors (Lipinski definition) is 2. The molecule has 0 aromatic heterocycles. The first-order valence-electron chi connectivity index (χ1n) is 6.52. The van der Waals surface area contributed by atoms with Crippen molar-refractivity contribution in [1.29, 1.82) is 0 Å². The van der Waals surface area contributed by atoms with Crippen molar-refractivity contribution >= 4 is 5.97 Å². The highest BCUT2D eigenvalue weighted by Crippen LogP contribution is 2.21. The number of halogens is 1. The Hall–Kier alpha value is -2.40. The highest BCUT2D eigenvalue weighted by atomic mass is 19.1. The van der Waals surface area contributed by atoms with Crippen molar-refractivity contribution in [2.24, 2.45) is 5.73 Å². The average Bonchev–Trinajstić information content (AvgIpc) is 2.45. The number of aromatic carboxylic acids is 1. The van der Waals surface area contributed by atoms with Crippen molar-refractivity contribution in [3.8, 4) is 5.75 Å². The van der Waals surface area contributed by atoms with E-state index < -0.39 is 17.3 Å². The van der Waals surface area contributed by atoms with E-state index in [1.165, 1.54) is 12.1 Å². The maximum absolute atomic E-state index is 13.5. The van der Waals surface area contributed by atoms with Crippen molar-refractivity contribution in [3.05, 3.63) is 65.5 Å². The molecule has 0 fully saturated rings. The largest absolute Gasteiger partial charge is 0.491 e. The Kier molecular flexibility index (Phi) is 4.90. The van der Waals surface area contributed by atoms with Crippen LogP contribution in [0.1, 0.15) is 15.9 Å². The topological polar surface area (TPSA) is 72.5 Å². The minimum Gasteiger partial charge on any atom is -0.491 e. The van der Waals surface area contributed by atoms with Gasteiger partial charge >= 0.3 is 5.97 Å². The number of hydrogen-bond acceptors (Lipinski definition) is 3. The highest BCUT2D eigenvalue weighted by Gasteiger charge is 2.17. The zero-order valence-corrected chi connectivity index (χ0v) is 11.3. The van der Waals surface area contributed by atoms with Gasteiger partial charge in [-0.25, -0.2) is 9.18 Å². The minimum atomic E-state index is -1.36. The van der Waals surface area contributed by atoms with Crippen LogP contribution < -0.4 is 10.5 Å². The fraction of sp³-hybridized carbons (Fsp3) is 0.188. The summed E-state index contributed by atoms with van der Waals surface area (Å²) in [4.78, 5) is 11.0. The molecule has 0 aliphatic heterocycles. The van der Waals surface area contributed by atoms with Crippen molar-refractivity contribution in [3.63, 3.8) is 0 Å². The SMILES string of the molecule is N[C@@H](COc1cccc(F)c1C(=O)O)Cc1ccccc1. The molecule has 110 valence electrons. The van der Waals surface area contributed by atoms with Crippen LogP contribution in [0.4, 0.5) is 4.39 Å². The van der Waals surface area contributed by atoms with Gasteiger partial charge in [0.25, 0.3) is 0 Å². The first-order valence-corrected chi connectivity index (χ1v) is 6.52. The Morgan fingerprint density at radius 1 is 1.19 bits per heavy atom. The summed E-state index contributed by atoms with van der Waals surface area (Å²) in [5.74, 6) is -2.19. The van der Waals surface area contributed by atoms with Gasteiger partial charge in [0.15, 0.2) is 0 Å². The second-order valence-corrected chi connectivity index (χ2v) is 4.68. The average molecular weight is 289 g/mol. The summed E-state index contributed by atoms with van der Waals surface area (Å²) in [5.41, 5.74) is 6.54. The Labute approximate surface area is 122 Å². The summed E-state index contributed by atoms with van der Waals surface area (Å²) in [6, 6.07) is 13.2. The number of carboxylic acid groups (broad SMARTS) is 1. The van der Waals surface area contributed by atoms with Gasteiger partial charge in [-0.1, -0.05) is 36.4 Å². The second-order valence-electron chi connectivity index (χ2n) is 4.68. The molecule has 0 spiro atoms. The van der Waals surface area contributed by atoms with Crippen LogP contribution in [0.15, 0.2) is 48.5 Å². The van der Waals surface area contributed by atoms with Gasteiger partial charge in [0.1, 0.15) is 23.7 Å². The van der Waals surface area contributed by atoms with E-state index in [0.29, 0.717) is 6.42 Å². The molecule has 3 N–H and O–H groups in total. The number of benzene rings is 2. The van der Waals surface area contributed by atoms with E-state index >= 15 is 0 Å². The quantitative estimate of drug-likeness (QED) is 0.857. The lowest BCUT2D eigenvalue weighted by Crippen LogP contribution is -2.30. The normalized spacial score (nSPS) is 11.9. The molecule has 2 aromatic rings. The molecule has 0 radical (unpaired) electrons. The number of rotatable bonds is 6. The first kappa shape index (κ1) is 15.0. The van der Waals surface area contributed by atoms with Crippen LogP contribution in [0, 0.1) is 5.82 Å². The molecule has 0 amide bonds. The fourth-order valence-corrected chi connectivity index (χ4v) is 2.00. The van der Waals surface area contributed by atoms with E-state index in [9.17, 15) is 9.18 Å². The third-order valence-corrected chi connectivity index (χ3v) is 2.98. The first-order chi connectivity index (χ1) is 10.1. The molecule has 21 heavy (non-hydrogen) atoms. The molecule has 2 rings (SSSR count). The monoisotopic (exact) mass is 289 g/mol. The van der Waals surface area contributed by atoms with Gasteiger partial charge in [0.2, 0.25) is 0 Å². The lowest BCUT2D eigenvalue weighted by atomic mass is 10.1. The van der Waals surface area contributed by atoms with Crippen LogP contribution in [0.2, 0.25) is 0 Å². The Bertz CT molecular complexity index is 616. The van der Waals surface area contributed by atoms with E-state index in [0.717, 1.165) is 11.6 Å². The summed E-state index contributed by atoms with van der Waals surface area (Å²) in [5, 5.41) is 9.00. The number of nitrogens with two attached hydrogens (primary N) is 1. The van der Waals surface area contributed by atoms with Crippen LogP contribution in [-0.4, -0.2) is 23.7 Å². The third-order valence-electron chi connectivity index (χ3n) is 2.98. The lowest BCUT2D eigenvalue weighted by molar-refractivity contribution is 0.0686. The van der Waals surface area contributed by atoms with Crippen LogP contribution in [0.3, 0.4) is 0 Å². The van der Waals surface area contributed by atoms with Gasteiger partial charge < -0.3 is 15.6 Å². The van der Waals surface area contributed by atoms with Gasteiger partial charge in [0.05, 0.1) is 0 Å². The number of carbonyl (C=O) groups is 1. The molecule has 0 aliphatic rings. The van der Waals surface area contributed by atoms with Crippen LogP contribution in [0.5, 0.6) is 5.75 Å². The van der Waals surface area contributed by atoms with Crippen molar-refractivity contribution in [2.75, 3.05) is 6.61 Å². The van der Waals surface area contributed by atoms with Gasteiger partial charge in [-0.2, -0.15) is 0 Å². The molecule has 0 aliphatic carbocycles. The molecular weight excluding hydrogens is 273 g/mol. The molecule has 0 bridgehead atoms. The van der Waals surface area contributed by atoms with E-state index in [4.69, 9.17) is 15.6 Å². The van der Waals surface area contributed by atoms with E-state index in [1.807, 2.05) is 30.3 Å². The standard InChI is InChI=1S/C16H16FNO3/c17-13-7-4-8-14(15(13)16(19)20)21-10-12(18)9-11-5-2-1-3-6-11/h1-8,12H,9-10,18H2,(H,19,20)/t12-/m1/s1. The maximum atomic E-state index is 13.5. The summed E-state index contributed by atoms with van der Waals surface area (Å²) in [6.45, 7) is 0.110. The minimum absolute atomic E-state index is 0.00832. The number of ether oxygens (including phenoxy) is 1. The van der Waals surface area contributed by atoms with E-state index in [1.54, 1.807) is 0 Å². The molecule has 0 heterocycles. The Morgan fingerprint density at radius 2 is 1.90 bits per heavy atom. The van der Waals surface area contributed by atoms with E-state index in [2.05, 4.69) is 0 Å². The predicted octanol–water partition coefficient (Wildman–Crippen LogP) is 2.47. The Morgan fingerprint density at radius 3 is 2.57 bits per heavy atom. The molecule has 4 nitrogen and oxygen atoms in total. The summed E-state index contributed by atoms with van der Waals surface area (Å²) in [6.07, 6.45) is 0.596. The molecule has 1 atom stereocenters. The summed E-state index contributed by atoms with van der Waals surface area (Å²) < 4.78 is 18.8. The van der Waals surface area contributed by atoms with Crippen LogP contribution in [-0.2, 0) is 6.42 Å². The highest BCUT2D eigenvalue weighted by molar-refractivity contribution is 5.91. The van der Waals surface area contributed by atoms with Crippen LogP contribution >= 0.6 is 0 Å². The molecule has 0 saturated heterocycles. The van der Waals surface area contributed by atoms with Crippen molar-refractivity contribution in [1.82, 2.24) is 0 Å². The summed E-state index contributed by atoms with van der Waals surface area (Å²) >= 11 is 0. The van der Waals surface area contributed by atoms with Gasteiger partial charge in [-0.3, -0.25) is 0 Å². The van der Waals surface area contributed by atoms with Crippen molar-refractivity contribution < 1.29 is 19.0 Å². The predicted molar refractivity (Wildman–Crippen MR) is 77.0 cm³/mol. The molecular formula is C16H16FNO3. The molecule has 0 saturated carbocycles. The third kappa shape index (κ3) is 4.03. The zero-order valence-electron chi connectivity index (χ0n) is 11.3. The number of carboxylic acids is 1. The zero-order chi connectivity index (χ0) is 15.2. The Balaban J connectivity index is 2.00. The second kappa shape index (κ2) is 6.85. The summed E-state index contributed by atoms with van der Waals surface area (Å²) in [7, 11) is 0.